The average molecular weight is 337 g/mol. The van der Waals surface area contributed by atoms with E-state index in [0.29, 0.717) is 17.4 Å². The maximum Gasteiger partial charge on any atom is 0.237 e. The van der Waals surface area contributed by atoms with Crippen LogP contribution in [0, 0.1) is 0 Å². The molecule has 6 nitrogen and oxygen atoms in total. The summed E-state index contributed by atoms with van der Waals surface area (Å²) >= 11 is 0. The number of hydrogen-bond donors (Lipinski definition) is 2. The highest BCUT2D eigenvalue weighted by Crippen LogP contribution is 2.50. The van der Waals surface area contributed by atoms with Gasteiger partial charge < -0.3 is 14.5 Å². The summed E-state index contributed by atoms with van der Waals surface area (Å²) in [7, 11) is 3.19. The molecule has 0 bridgehead atoms. The van der Waals surface area contributed by atoms with Crippen LogP contribution in [0.2, 0.25) is 0 Å². The summed E-state index contributed by atoms with van der Waals surface area (Å²) in [6.45, 7) is 0. The maximum atomic E-state index is 12.9. The molecule has 4 rings (SSSR count). The highest BCUT2D eigenvalue weighted by Gasteiger charge is 2.51. The number of para-hydroxylation sites is 2. The summed E-state index contributed by atoms with van der Waals surface area (Å²) in [6, 6.07) is 13.3. The van der Waals surface area contributed by atoms with Crippen LogP contribution in [0.5, 0.6) is 11.5 Å². The number of imidazole rings is 1. The Balaban J connectivity index is 1.61. The monoisotopic (exact) mass is 337 g/mol. The smallest absolute Gasteiger partial charge is 0.237 e. The zero-order chi connectivity index (χ0) is 17.4. The Kier molecular flexibility index (Phi) is 3.60. The molecule has 0 unspecified atom stereocenters. The van der Waals surface area contributed by atoms with Crippen LogP contribution >= 0.6 is 0 Å². The first kappa shape index (κ1) is 15.5. The van der Waals surface area contributed by atoms with Crippen molar-refractivity contribution in [3.05, 3.63) is 48.0 Å². The number of aromatic nitrogens is 2. The largest absolute Gasteiger partial charge is 0.493 e. The normalized spacial score (nSPS) is 15.0. The molecule has 2 aromatic carbocycles. The predicted octanol–water partition coefficient (Wildman–Crippen LogP) is 3.25. The lowest BCUT2D eigenvalue weighted by molar-refractivity contribution is -0.118. The molecule has 0 spiro atoms. The number of carbonyl (C=O) groups excluding carboxylic acids is 1. The number of fused-ring (bicyclic) bond motifs is 1. The van der Waals surface area contributed by atoms with Gasteiger partial charge in [0.15, 0.2) is 11.5 Å². The fourth-order valence-corrected chi connectivity index (χ4v) is 3.14. The van der Waals surface area contributed by atoms with E-state index in [2.05, 4.69) is 15.3 Å². The van der Waals surface area contributed by atoms with E-state index in [4.69, 9.17) is 9.47 Å². The molecule has 1 aromatic heterocycles. The van der Waals surface area contributed by atoms with Crippen LogP contribution in [-0.4, -0.2) is 30.1 Å². The third kappa shape index (κ3) is 2.59. The molecule has 0 radical (unpaired) electrons. The number of ether oxygens (including phenoxy) is 2. The van der Waals surface area contributed by atoms with Gasteiger partial charge in [-0.2, -0.15) is 0 Å². The first-order chi connectivity index (χ1) is 12.2. The lowest BCUT2D eigenvalue weighted by atomic mass is 9.94. The van der Waals surface area contributed by atoms with Gasteiger partial charge in [0.05, 0.1) is 30.7 Å². The Bertz CT molecular complexity index is 911. The second-order valence-corrected chi connectivity index (χ2v) is 6.21. The molecular formula is C19H19N3O3. The average Bonchev–Trinajstić information content (AvgIpc) is 3.35. The molecule has 1 saturated carbocycles. The van der Waals surface area contributed by atoms with Crippen LogP contribution in [0.4, 0.5) is 5.95 Å². The molecule has 3 aromatic rings. The molecule has 25 heavy (non-hydrogen) atoms. The van der Waals surface area contributed by atoms with E-state index in [1.807, 2.05) is 42.5 Å². The minimum absolute atomic E-state index is 0.0567. The minimum atomic E-state index is -0.529. The first-order valence-corrected chi connectivity index (χ1v) is 8.15. The lowest BCUT2D eigenvalue weighted by Crippen LogP contribution is -2.28. The van der Waals surface area contributed by atoms with E-state index in [9.17, 15) is 4.79 Å². The summed E-state index contributed by atoms with van der Waals surface area (Å²) in [5.41, 5.74) is 2.12. The van der Waals surface area contributed by atoms with Crippen LogP contribution in [0.1, 0.15) is 18.4 Å². The van der Waals surface area contributed by atoms with Gasteiger partial charge in [0.25, 0.3) is 0 Å². The molecule has 0 atom stereocenters. The number of methoxy groups -OCH3 is 2. The second kappa shape index (κ2) is 5.81. The summed E-state index contributed by atoms with van der Waals surface area (Å²) in [5, 5.41) is 2.92. The van der Waals surface area contributed by atoms with Crippen molar-refractivity contribution in [2.75, 3.05) is 19.5 Å². The van der Waals surface area contributed by atoms with Gasteiger partial charge in [0.2, 0.25) is 11.9 Å². The van der Waals surface area contributed by atoms with Crippen LogP contribution < -0.4 is 14.8 Å². The quantitative estimate of drug-likeness (QED) is 0.749. The van der Waals surface area contributed by atoms with Crippen molar-refractivity contribution in [1.82, 2.24) is 9.97 Å². The number of amides is 1. The zero-order valence-corrected chi connectivity index (χ0v) is 14.1. The molecule has 0 saturated heterocycles. The van der Waals surface area contributed by atoms with Gasteiger partial charge in [-0.15, -0.1) is 0 Å². The Morgan fingerprint density at radius 3 is 2.56 bits per heavy atom. The van der Waals surface area contributed by atoms with Crippen molar-refractivity contribution in [2.45, 2.75) is 18.3 Å². The third-order valence-corrected chi connectivity index (χ3v) is 4.74. The van der Waals surface area contributed by atoms with Crippen LogP contribution in [-0.2, 0) is 10.2 Å². The third-order valence-electron chi connectivity index (χ3n) is 4.74. The molecule has 128 valence electrons. The molecule has 1 heterocycles. The van der Waals surface area contributed by atoms with Crippen molar-refractivity contribution in [3.8, 4) is 11.5 Å². The SMILES string of the molecule is COc1ccc(C2(C(=O)Nc3nc4ccccc4[nH]3)CC2)cc1OC. The first-order valence-electron chi connectivity index (χ1n) is 8.15. The number of rotatable bonds is 5. The fourth-order valence-electron chi connectivity index (χ4n) is 3.14. The van der Waals surface area contributed by atoms with Gasteiger partial charge in [0.1, 0.15) is 0 Å². The number of benzene rings is 2. The summed E-state index contributed by atoms with van der Waals surface area (Å²) in [4.78, 5) is 20.4. The molecule has 2 N–H and O–H groups in total. The van der Waals surface area contributed by atoms with E-state index in [1.165, 1.54) is 0 Å². The van der Waals surface area contributed by atoms with E-state index < -0.39 is 5.41 Å². The highest BCUT2D eigenvalue weighted by molar-refractivity contribution is 6.01. The van der Waals surface area contributed by atoms with Gasteiger partial charge in [-0.1, -0.05) is 18.2 Å². The molecule has 1 aliphatic rings. The van der Waals surface area contributed by atoms with Crippen LogP contribution in [0.15, 0.2) is 42.5 Å². The molecule has 6 heteroatoms. The molecule has 1 amide bonds. The number of hydrogen-bond acceptors (Lipinski definition) is 4. The number of nitrogens with one attached hydrogen (secondary N) is 2. The van der Waals surface area contributed by atoms with Crippen LogP contribution in [0.25, 0.3) is 11.0 Å². The van der Waals surface area contributed by atoms with Gasteiger partial charge in [-0.3, -0.25) is 10.1 Å². The van der Waals surface area contributed by atoms with Gasteiger partial charge >= 0.3 is 0 Å². The summed E-state index contributed by atoms with van der Waals surface area (Å²) < 4.78 is 10.6. The van der Waals surface area contributed by atoms with Crippen molar-refractivity contribution < 1.29 is 14.3 Å². The number of carbonyl (C=O) groups is 1. The number of aromatic amines is 1. The van der Waals surface area contributed by atoms with Gasteiger partial charge in [-0.05, 0) is 42.7 Å². The molecule has 0 aliphatic heterocycles. The Labute approximate surface area is 145 Å². The standard InChI is InChI=1S/C19H19N3O3/c1-24-15-8-7-12(11-16(15)25-2)19(9-10-19)17(23)22-18-20-13-5-3-4-6-14(13)21-18/h3-8,11H,9-10H2,1-2H3,(H2,20,21,22,23). The van der Waals surface area contributed by atoms with E-state index in [1.54, 1.807) is 14.2 Å². The minimum Gasteiger partial charge on any atom is -0.493 e. The van der Waals surface area contributed by atoms with Crippen molar-refractivity contribution in [2.24, 2.45) is 0 Å². The van der Waals surface area contributed by atoms with E-state index >= 15 is 0 Å². The van der Waals surface area contributed by atoms with Crippen molar-refractivity contribution >= 4 is 22.9 Å². The maximum absolute atomic E-state index is 12.9. The topological polar surface area (TPSA) is 76.2 Å². The Hall–Kier alpha value is -3.02. The van der Waals surface area contributed by atoms with Gasteiger partial charge in [-0.25, -0.2) is 4.98 Å². The lowest BCUT2D eigenvalue weighted by Gasteiger charge is -2.17. The zero-order valence-electron chi connectivity index (χ0n) is 14.1. The molecular weight excluding hydrogens is 318 g/mol. The van der Waals surface area contributed by atoms with E-state index in [-0.39, 0.29) is 5.91 Å². The number of nitrogens with zero attached hydrogens (tertiary/aromatic N) is 1. The predicted molar refractivity (Wildman–Crippen MR) is 95.2 cm³/mol. The summed E-state index contributed by atoms with van der Waals surface area (Å²) in [6.07, 6.45) is 1.60. The number of H-pyrrole nitrogens is 1. The number of anilines is 1. The highest BCUT2D eigenvalue weighted by atomic mass is 16.5. The fraction of sp³-hybridized carbons (Fsp3) is 0.263. The second-order valence-electron chi connectivity index (χ2n) is 6.21. The Morgan fingerprint density at radius 2 is 1.88 bits per heavy atom. The van der Waals surface area contributed by atoms with Crippen molar-refractivity contribution in [1.29, 1.82) is 0 Å². The van der Waals surface area contributed by atoms with Gasteiger partial charge in [0, 0.05) is 0 Å². The molecule has 1 fully saturated rings. The Morgan fingerprint density at radius 1 is 1.12 bits per heavy atom. The van der Waals surface area contributed by atoms with Crippen molar-refractivity contribution in [3.63, 3.8) is 0 Å². The molecule has 1 aliphatic carbocycles. The summed E-state index contributed by atoms with van der Waals surface area (Å²) in [5.74, 6) is 1.69. The van der Waals surface area contributed by atoms with Crippen LogP contribution in [0.3, 0.4) is 0 Å². The van der Waals surface area contributed by atoms with E-state index in [0.717, 1.165) is 29.4 Å².